The quantitative estimate of drug-likeness (QED) is 0.622. The molecule has 1 aliphatic carbocycles. The van der Waals surface area contributed by atoms with Crippen LogP contribution in [0.4, 0.5) is 0 Å². The lowest BCUT2D eigenvalue weighted by molar-refractivity contribution is -0.0625. The molecule has 1 saturated heterocycles. The molecule has 2 aliphatic rings. The Morgan fingerprint density at radius 2 is 1.75 bits per heavy atom. The van der Waals surface area contributed by atoms with E-state index in [0.717, 1.165) is 51.5 Å². The number of ether oxygens (including phenoxy) is 1. The van der Waals surface area contributed by atoms with E-state index in [4.69, 9.17) is 15.5 Å². The number of guanidine groups is 1. The van der Waals surface area contributed by atoms with Gasteiger partial charge in [0, 0.05) is 19.7 Å². The maximum atomic E-state index is 6.18. The van der Waals surface area contributed by atoms with Crippen molar-refractivity contribution in [2.45, 2.75) is 70.3 Å². The summed E-state index contributed by atoms with van der Waals surface area (Å²) in [4.78, 5) is 6.93. The molecule has 0 radical (unpaired) electrons. The van der Waals surface area contributed by atoms with E-state index >= 15 is 0 Å². The summed E-state index contributed by atoms with van der Waals surface area (Å²) in [6.07, 6.45) is 11.0. The van der Waals surface area contributed by atoms with Crippen LogP contribution in [0.2, 0.25) is 0 Å². The number of aliphatic imine (C=N–C) groups is 1. The number of hydrogen-bond donors (Lipinski definition) is 1. The van der Waals surface area contributed by atoms with Crippen LogP contribution in [0.15, 0.2) is 4.99 Å². The fourth-order valence-corrected chi connectivity index (χ4v) is 3.31. The molecule has 4 heteroatoms. The first-order valence-corrected chi connectivity index (χ1v) is 8.45. The molecule has 0 bridgehead atoms. The third-order valence-corrected chi connectivity index (χ3v) is 4.59. The molecule has 2 fully saturated rings. The SMILES string of the molecule is CCCOC1(CN=C(N)N2CCCCC2)CCCCC1. The minimum atomic E-state index is -0.0331. The van der Waals surface area contributed by atoms with Gasteiger partial charge in [-0.3, -0.25) is 4.99 Å². The summed E-state index contributed by atoms with van der Waals surface area (Å²) in [5.41, 5.74) is 6.14. The van der Waals surface area contributed by atoms with E-state index in [1.54, 1.807) is 0 Å². The molecule has 1 heterocycles. The fraction of sp³-hybridized carbons (Fsp3) is 0.938. The van der Waals surface area contributed by atoms with Crippen molar-refractivity contribution in [3.63, 3.8) is 0 Å². The van der Waals surface area contributed by atoms with E-state index in [1.165, 1.54) is 38.5 Å². The summed E-state index contributed by atoms with van der Waals surface area (Å²) < 4.78 is 6.18. The van der Waals surface area contributed by atoms with Crippen molar-refractivity contribution in [1.29, 1.82) is 0 Å². The van der Waals surface area contributed by atoms with Crippen LogP contribution in [0.1, 0.15) is 64.7 Å². The summed E-state index contributed by atoms with van der Waals surface area (Å²) in [5, 5.41) is 0. The predicted molar refractivity (Wildman–Crippen MR) is 84.0 cm³/mol. The molecule has 0 aromatic rings. The fourth-order valence-electron chi connectivity index (χ4n) is 3.31. The first kappa shape index (κ1) is 15.6. The van der Waals surface area contributed by atoms with Gasteiger partial charge < -0.3 is 15.4 Å². The molecule has 2 N–H and O–H groups in total. The monoisotopic (exact) mass is 281 g/mol. The second-order valence-electron chi connectivity index (χ2n) is 6.31. The van der Waals surface area contributed by atoms with Gasteiger partial charge in [0.2, 0.25) is 0 Å². The smallest absolute Gasteiger partial charge is 0.191 e. The van der Waals surface area contributed by atoms with Crippen LogP contribution < -0.4 is 5.73 Å². The van der Waals surface area contributed by atoms with Gasteiger partial charge in [-0.15, -0.1) is 0 Å². The van der Waals surface area contributed by atoms with E-state index in [1.807, 2.05) is 0 Å². The summed E-state index contributed by atoms with van der Waals surface area (Å²) in [7, 11) is 0. The van der Waals surface area contributed by atoms with Crippen LogP contribution in [0, 0.1) is 0 Å². The van der Waals surface area contributed by atoms with Crippen molar-refractivity contribution in [3.8, 4) is 0 Å². The van der Waals surface area contributed by atoms with E-state index in [0.29, 0.717) is 0 Å². The Morgan fingerprint density at radius 3 is 2.40 bits per heavy atom. The summed E-state index contributed by atoms with van der Waals surface area (Å²) in [6, 6.07) is 0. The highest BCUT2D eigenvalue weighted by atomic mass is 16.5. The Labute approximate surface area is 123 Å². The molecule has 116 valence electrons. The minimum absolute atomic E-state index is 0.0331. The zero-order chi connectivity index (χ0) is 14.3. The summed E-state index contributed by atoms with van der Waals surface area (Å²) >= 11 is 0. The molecular weight excluding hydrogens is 250 g/mol. The molecule has 20 heavy (non-hydrogen) atoms. The van der Waals surface area contributed by atoms with Crippen LogP contribution in [-0.2, 0) is 4.74 Å². The topological polar surface area (TPSA) is 50.9 Å². The molecule has 2 rings (SSSR count). The van der Waals surface area contributed by atoms with Crippen molar-refractivity contribution in [2.24, 2.45) is 10.7 Å². The Bertz CT molecular complexity index is 305. The first-order valence-electron chi connectivity index (χ1n) is 8.45. The molecule has 1 saturated carbocycles. The molecule has 0 amide bonds. The van der Waals surface area contributed by atoms with Crippen molar-refractivity contribution in [3.05, 3.63) is 0 Å². The zero-order valence-corrected chi connectivity index (χ0v) is 13.1. The number of nitrogens with two attached hydrogens (primary N) is 1. The van der Waals surface area contributed by atoms with Gasteiger partial charge in [0.15, 0.2) is 5.96 Å². The number of rotatable bonds is 5. The number of likely N-dealkylation sites (tertiary alicyclic amines) is 1. The van der Waals surface area contributed by atoms with Crippen LogP contribution in [0.5, 0.6) is 0 Å². The first-order chi connectivity index (χ1) is 9.76. The maximum absolute atomic E-state index is 6.18. The Kier molecular flexibility index (Phi) is 6.14. The molecule has 4 nitrogen and oxygen atoms in total. The second kappa shape index (κ2) is 7.87. The molecular formula is C16H31N3O. The average Bonchev–Trinajstić information content (AvgIpc) is 2.52. The van der Waals surface area contributed by atoms with Crippen LogP contribution in [-0.4, -0.2) is 42.7 Å². The molecule has 1 aliphatic heterocycles. The summed E-state index contributed by atoms with van der Waals surface area (Å²) in [5.74, 6) is 0.731. The van der Waals surface area contributed by atoms with Gasteiger partial charge in [-0.2, -0.15) is 0 Å². The lowest BCUT2D eigenvalue weighted by Gasteiger charge is -2.36. The maximum Gasteiger partial charge on any atom is 0.191 e. The number of hydrogen-bond acceptors (Lipinski definition) is 2. The van der Waals surface area contributed by atoms with Gasteiger partial charge in [0.1, 0.15) is 0 Å². The van der Waals surface area contributed by atoms with E-state index in [9.17, 15) is 0 Å². The van der Waals surface area contributed by atoms with Crippen LogP contribution in [0.25, 0.3) is 0 Å². The largest absolute Gasteiger partial charge is 0.373 e. The highest BCUT2D eigenvalue weighted by Gasteiger charge is 2.32. The lowest BCUT2D eigenvalue weighted by atomic mass is 9.84. The molecule has 0 unspecified atom stereocenters. The van der Waals surface area contributed by atoms with E-state index < -0.39 is 0 Å². The predicted octanol–water partition coefficient (Wildman–Crippen LogP) is 2.92. The summed E-state index contributed by atoms with van der Waals surface area (Å²) in [6.45, 7) is 5.90. The molecule has 0 aromatic heterocycles. The van der Waals surface area contributed by atoms with E-state index in [-0.39, 0.29) is 5.60 Å². The van der Waals surface area contributed by atoms with Crippen LogP contribution >= 0.6 is 0 Å². The van der Waals surface area contributed by atoms with Gasteiger partial charge in [-0.25, -0.2) is 0 Å². The van der Waals surface area contributed by atoms with Gasteiger partial charge in [-0.05, 0) is 38.5 Å². The third kappa shape index (κ3) is 4.37. The van der Waals surface area contributed by atoms with Crippen LogP contribution in [0.3, 0.4) is 0 Å². The lowest BCUT2D eigenvalue weighted by Crippen LogP contribution is -2.43. The Balaban J connectivity index is 1.92. The molecule has 0 atom stereocenters. The normalized spacial score (nSPS) is 23.9. The highest BCUT2D eigenvalue weighted by molar-refractivity contribution is 5.78. The third-order valence-electron chi connectivity index (χ3n) is 4.59. The second-order valence-corrected chi connectivity index (χ2v) is 6.31. The van der Waals surface area contributed by atoms with Crippen molar-refractivity contribution in [1.82, 2.24) is 4.90 Å². The van der Waals surface area contributed by atoms with Gasteiger partial charge in [0.05, 0.1) is 12.1 Å². The number of piperidine rings is 1. The van der Waals surface area contributed by atoms with Crippen molar-refractivity contribution >= 4 is 5.96 Å². The molecule has 0 spiro atoms. The van der Waals surface area contributed by atoms with Gasteiger partial charge in [-0.1, -0.05) is 26.2 Å². The molecule has 0 aromatic carbocycles. The van der Waals surface area contributed by atoms with Crippen molar-refractivity contribution < 1.29 is 4.74 Å². The highest BCUT2D eigenvalue weighted by Crippen LogP contribution is 2.32. The standard InChI is InChI=1S/C16H31N3O/c1-2-13-20-16(9-5-3-6-10-16)14-18-15(17)19-11-7-4-8-12-19/h2-14H2,1H3,(H2,17,18). The Hall–Kier alpha value is -0.770. The zero-order valence-electron chi connectivity index (χ0n) is 13.1. The average molecular weight is 281 g/mol. The van der Waals surface area contributed by atoms with E-state index in [2.05, 4.69) is 11.8 Å². The van der Waals surface area contributed by atoms with Crippen molar-refractivity contribution in [2.75, 3.05) is 26.2 Å². The Morgan fingerprint density at radius 1 is 1.10 bits per heavy atom. The van der Waals surface area contributed by atoms with Gasteiger partial charge >= 0.3 is 0 Å². The van der Waals surface area contributed by atoms with Gasteiger partial charge in [0.25, 0.3) is 0 Å². The number of nitrogens with zero attached hydrogens (tertiary/aromatic N) is 2. The minimum Gasteiger partial charge on any atom is -0.373 e.